The lowest BCUT2D eigenvalue weighted by Crippen LogP contribution is -2.44. The minimum Gasteiger partial charge on any atom is -0.482 e. The second-order valence-corrected chi connectivity index (χ2v) is 7.25. The van der Waals surface area contributed by atoms with Crippen molar-refractivity contribution in [1.29, 1.82) is 0 Å². The van der Waals surface area contributed by atoms with Crippen LogP contribution in [-0.4, -0.2) is 81.1 Å². The standard InChI is InChI=1S/C20H30N4O3/c1-22-12-14-23(15-13-22)10-5-4-9-21-19(25)8-11-24-17-6-2-3-7-18(17)27-16-20(24)26/h2-3,6-7H,4-5,8-16H2,1H3,(H,21,25). The Hall–Kier alpha value is -2.12. The zero-order chi connectivity index (χ0) is 19.1. The zero-order valence-electron chi connectivity index (χ0n) is 16.2. The number of benzene rings is 1. The molecule has 1 saturated heterocycles. The molecule has 27 heavy (non-hydrogen) atoms. The van der Waals surface area contributed by atoms with E-state index < -0.39 is 0 Å². The molecule has 1 N–H and O–H groups in total. The third kappa shape index (κ3) is 5.68. The van der Waals surface area contributed by atoms with Crippen LogP contribution in [0.4, 0.5) is 5.69 Å². The Labute approximate surface area is 161 Å². The average Bonchev–Trinajstić information content (AvgIpc) is 2.68. The van der Waals surface area contributed by atoms with Gasteiger partial charge in [-0.2, -0.15) is 0 Å². The number of amides is 2. The van der Waals surface area contributed by atoms with Crippen LogP contribution in [0, 0.1) is 0 Å². The normalized spacial score (nSPS) is 18.1. The van der Waals surface area contributed by atoms with E-state index in [4.69, 9.17) is 4.74 Å². The van der Waals surface area contributed by atoms with Gasteiger partial charge in [-0.3, -0.25) is 9.59 Å². The summed E-state index contributed by atoms with van der Waals surface area (Å²) in [5, 5.41) is 2.97. The molecule has 0 unspecified atom stereocenters. The lowest BCUT2D eigenvalue weighted by Gasteiger charge is -2.32. The number of nitrogens with zero attached hydrogens (tertiary/aromatic N) is 3. The minimum absolute atomic E-state index is 0.00799. The third-order valence-electron chi connectivity index (χ3n) is 5.19. The van der Waals surface area contributed by atoms with Gasteiger partial charge in [-0.25, -0.2) is 0 Å². The Balaban J connectivity index is 1.31. The van der Waals surface area contributed by atoms with E-state index in [1.54, 1.807) is 4.90 Å². The van der Waals surface area contributed by atoms with E-state index in [-0.39, 0.29) is 18.4 Å². The van der Waals surface area contributed by atoms with E-state index in [9.17, 15) is 9.59 Å². The van der Waals surface area contributed by atoms with Crippen molar-refractivity contribution < 1.29 is 14.3 Å². The molecule has 0 aliphatic carbocycles. The van der Waals surface area contributed by atoms with Crippen LogP contribution in [0.2, 0.25) is 0 Å². The van der Waals surface area contributed by atoms with Gasteiger partial charge >= 0.3 is 0 Å². The van der Waals surface area contributed by atoms with Crippen LogP contribution < -0.4 is 15.0 Å². The van der Waals surface area contributed by atoms with E-state index in [1.807, 2.05) is 24.3 Å². The number of ether oxygens (including phenoxy) is 1. The summed E-state index contributed by atoms with van der Waals surface area (Å²) in [6.07, 6.45) is 2.38. The van der Waals surface area contributed by atoms with Gasteiger partial charge in [-0.15, -0.1) is 0 Å². The van der Waals surface area contributed by atoms with Gasteiger partial charge in [0, 0.05) is 45.7 Å². The molecule has 0 radical (unpaired) electrons. The van der Waals surface area contributed by atoms with Crippen LogP contribution in [0.1, 0.15) is 19.3 Å². The molecule has 0 saturated carbocycles. The van der Waals surface area contributed by atoms with Gasteiger partial charge < -0.3 is 24.8 Å². The van der Waals surface area contributed by atoms with E-state index in [0.717, 1.165) is 51.3 Å². The first-order chi connectivity index (χ1) is 13.1. The van der Waals surface area contributed by atoms with Crippen molar-refractivity contribution in [3.63, 3.8) is 0 Å². The van der Waals surface area contributed by atoms with Crippen LogP contribution in [0.3, 0.4) is 0 Å². The molecule has 3 rings (SSSR count). The summed E-state index contributed by atoms with van der Waals surface area (Å²) in [6, 6.07) is 7.44. The number of anilines is 1. The summed E-state index contributed by atoms with van der Waals surface area (Å²) in [5.41, 5.74) is 0.744. The molecular weight excluding hydrogens is 344 g/mol. The van der Waals surface area contributed by atoms with Crippen molar-refractivity contribution in [2.45, 2.75) is 19.3 Å². The van der Waals surface area contributed by atoms with E-state index in [2.05, 4.69) is 22.2 Å². The number of hydrogen-bond acceptors (Lipinski definition) is 5. The van der Waals surface area contributed by atoms with Gasteiger partial charge in [0.05, 0.1) is 5.69 Å². The maximum absolute atomic E-state index is 12.1. The highest BCUT2D eigenvalue weighted by atomic mass is 16.5. The van der Waals surface area contributed by atoms with Crippen molar-refractivity contribution >= 4 is 17.5 Å². The predicted octanol–water partition coefficient (Wildman–Crippen LogP) is 0.946. The monoisotopic (exact) mass is 374 g/mol. The van der Waals surface area contributed by atoms with E-state index in [0.29, 0.717) is 25.3 Å². The molecule has 7 nitrogen and oxygen atoms in total. The highest BCUT2D eigenvalue weighted by Crippen LogP contribution is 2.31. The summed E-state index contributed by atoms with van der Waals surface area (Å²) >= 11 is 0. The summed E-state index contributed by atoms with van der Waals surface area (Å²) in [4.78, 5) is 30.7. The SMILES string of the molecule is CN1CCN(CCCCNC(=O)CCN2C(=O)COc3ccccc32)CC1. The number of carbonyl (C=O) groups excluding carboxylic acids is 2. The zero-order valence-corrected chi connectivity index (χ0v) is 16.2. The summed E-state index contributed by atoms with van der Waals surface area (Å²) in [5.74, 6) is 0.585. The number of rotatable bonds is 8. The first-order valence-electron chi connectivity index (χ1n) is 9.83. The Morgan fingerprint density at radius 1 is 1.11 bits per heavy atom. The first-order valence-corrected chi connectivity index (χ1v) is 9.83. The van der Waals surface area contributed by atoms with Crippen LogP contribution in [0.25, 0.3) is 0 Å². The fourth-order valence-corrected chi connectivity index (χ4v) is 3.46. The Kier molecular flexibility index (Phi) is 7.06. The van der Waals surface area contributed by atoms with Crippen LogP contribution in [0.15, 0.2) is 24.3 Å². The molecular formula is C20H30N4O3. The molecule has 0 spiro atoms. The minimum atomic E-state index is -0.103. The Bertz CT molecular complexity index is 644. The number of piperazine rings is 1. The van der Waals surface area contributed by atoms with Crippen LogP contribution in [-0.2, 0) is 9.59 Å². The fourth-order valence-electron chi connectivity index (χ4n) is 3.46. The molecule has 148 valence electrons. The number of likely N-dealkylation sites (N-methyl/N-ethyl adjacent to an activating group) is 1. The van der Waals surface area contributed by atoms with Gasteiger partial charge in [0.15, 0.2) is 6.61 Å². The highest BCUT2D eigenvalue weighted by Gasteiger charge is 2.25. The van der Waals surface area contributed by atoms with Crippen LogP contribution >= 0.6 is 0 Å². The lowest BCUT2D eigenvalue weighted by molar-refractivity contribution is -0.122. The van der Waals surface area contributed by atoms with Crippen molar-refractivity contribution in [2.24, 2.45) is 0 Å². The third-order valence-corrected chi connectivity index (χ3v) is 5.19. The number of para-hydroxylation sites is 2. The molecule has 2 aliphatic rings. The molecule has 2 aliphatic heterocycles. The molecule has 0 aromatic heterocycles. The lowest BCUT2D eigenvalue weighted by atomic mass is 10.2. The largest absolute Gasteiger partial charge is 0.482 e. The fraction of sp³-hybridized carbons (Fsp3) is 0.600. The molecule has 1 fully saturated rings. The van der Waals surface area contributed by atoms with Crippen molar-refractivity contribution in [3.05, 3.63) is 24.3 Å². The Morgan fingerprint density at radius 2 is 1.89 bits per heavy atom. The summed E-state index contributed by atoms with van der Waals surface area (Å²) in [7, 11) is 2.16. The maximum atomic E-state index is 12.1. The van der Waals surface area contributed by atoms with Gasteiger partial charge in [-0.1, -0.05) is 12.1 Å². The summed E-state index contributed by atoms with van der Waals surface area (Å²) < 4.78 is 5.42. The number of fused-ring (bicyclic) bond motifs is 1. The van der Waals surface area contributed by atoms with Crippen molar-refractivity contribution in [1.82, 2.24) is 15.1 Å². The number of hydrogen-bond donors (Lipinski definition) is 1. The first kappa shape index (κ1) is 19.6. The smallest absolute Gasteiger partial charge is 0.265 e. The van der Waals surface area contributed by atoms with Gasteiger partial charge in [0.25, 0.3) is 5.91 Å². The van der Waals surface area contributed by atoms with Gasteiger partial charge in [0.2, 0.25) is 5.91 Å². The van der Waals surface area contributed by atoms with Crippen LogP contribution in [0.5, 0.6) is 5.75 Å². The van der Waals surface area contributed by atoms with Crippen molar-refractivity contribution in [3.8, 4) is 5.75 Å². The predicted molar refractivity (Wildman–Crippen MR) is 105 cm³/mol. The molecule has 1 aromatic carbocycles. The van der Waals surface area contributed by atoms with Gasteiger partial charge in [0.1, 0.15) is 5.75 Å². The summed E-state index contributed by atoms with van der Waals surface area (Å²) in [6.45, 7) is 6.76. The van der Waals surface area contributed by atoms with E-state index >= 15 is 0 Å². The topological polar surface area (TPSA) is 65.1 Å². The molecule has 2 heterocycles. The molecule has 2 amide bonds. The quantitative estimate of drug-likeness (QED) is 0.687. The maximum Gasteiger partial charge on any atom is 0.265 e. The molecule has 7 heteroatoms. The van der Waals surface area contributed by atoms with E-state index in [1.165, 1.54) is 0 Å². The second-order valence-electron chi connectivity index (χ2n) is 7.25. The molecule has 0 atom stereocenters. The highest BCUT2D eigenvalue weighted by molar-refractivity contribution is 5.98. The number of nitrogens with one attached hydrogen (secondary N) is 1. The van der Waals surface area contributed by atoms with Crippen molar-refractivity contribution in [2.75, 3.05) is 64.4 Å². The average molecular weight is 374 g/mol. The van der Waals surface area contributed by atoms with Gasteiger partial charge in [-0.05, 0) is 38.6 Å². The molecule has 1 aromatic rings. The number of carbonyl (C=O) groups is 2. The number of unbranched alkanes of at least 4 members (excludes halogenated alkanes) is 1. The Morgan fingerprint density at radius 3 is 2.70 bits per heavy atom. The second kappa shape index (κ2) is 9.71. The molecule has 0 bridgehead atoms.